The smallest absolute Gasteiger partial charge is 0.307 e. The van der Waals surface area contributed by atoms with Gasteiger partial charge in [-0.1, -0.05) is 201 Å². The molecule has 0 saturated carbocycles. The summed E-state index contributed by atoms with van der Waals surface area (Å²) in [6.07, 6.45) is -0.120. The summed E-state index contributed by atoms with van der Waals surface area (Å²) in [7, 11) is 0. The Kier molecular flexibility index (Phi) is 23.3. The Morgan fingerprint density at radius 1 is 0.364 bits per heavy atom. The molecule has 0 saturated heterocycles. The molecule has 8 nitrogen and oxygen atoms in total. The number of esters is 2. The summed E-state index contributed by atoms with van der Waals surface area (Å²) < 4.78 is 11.5. The van der Waals surface area contributed by atoms with Crippen molar-refractivity contribution in [2.75, 3.05) is 13.2 Å². The molecule has 4 N–H and O–H groups in total. The van der Waals surface area contributed by atoms with E-state index in [9.17, 15) is 30.0 Å². The van der Waals surface area contributed by atoms with Crippen LogP contribution in [0.25, 0.3) is 0 Å². The van der Waals surface area contributed by atoms with E-state index >= 15 is 0 Å². The van der Waals surface area contributed by atoms with Crippen LogP contribution in [0.15, 0.2) is 72.8 Å². The van der Waals surface area contributed by atoms with E-state index < -0.39 is 22.8 Å². The van der Waals surface area contributed by atoms with Crippen LogP contribution in [0.2, 0.25) is 0 Å². The summed E-state index contributed by atoms with van der Waals surface area (Å²) in [5, 5.41) is 43.2. The molecule has 370 valence electrons. The number of hydrogen-bond acceptors (Lipinski definition) is 8. The van der Waals surface area contributed by atoms with Crippen LogP contribution in [0.3, 0.4) is 0 Å². The molecule has 0 amide bonds. The first-order valence-corrected chi connectivity index (χ1v) is 24.2. The van der Waals surface area contributed by atoms with Gasteiger partial charge in [0.2, 0.25) is 0 Å². The summed E-state index contributed by atoms with van der Waals surface area (Å²) in [4.78, 5) is 27.4. The van der Waals surface area contributed by atoms with Crippen molar-refractivity contribution < 1.29 is 39.5 Å². The lowest BCUT2D eigenvalue weighted by Crippen LogP contribution is -2.31. The third-order valence-electron chi connectivity index (χ3n) is 11.4. The maximum Gasteiger partial charge on any atom is 0.307 e. The highest BCUT2D eigenvalue weighted by molar-refractivity contribution is 5.74. The van der Waals surface area contributed by atoms with Crippen LogP contribution in [0.4, 0.5) is 0 Å². The molecule has 0 radical (unpaired) electrons. The van der Waals surface area contributed by atoms with E-state index in [1.165, 1.54) is 0 Å². The molecule has 0 unspecified atom stereocenters. The first-order valence-electron chi connectivity index (χ1n) is 24.2. The predicted octanol–water partition coefficient (Wildman–Crippen LogP) is 15.0. The molecule has 0 heterocycles. The number of carbonyl (C=O) groups is 2. The number of rotatable bonds is 11. The minimum atomic E-state index is -0.914. The molecular formula is C58H90O8. The third-order valence-corrected chi connectivity index (χ3v) is 11.4. The fourth-order valence-corrected chi connectivity index (χ4v) is 7.65. The van der Waals surface area contributed by atoms with E-state index in [0.29, 0.717) is 0 Å². The molecule has 0 spiro atoms. The van der Waals surface area contributed by atoms with Crippen molar-refractivity contribution in [2.45, 2.75) is 198 Å². The number of phenols is 4. The molecule has 0 atom stereocenters. The van der Waals surface area contributed by atoms with Gasteiger partial charge in [0.05, 0.1) is 12.8 Å². The van der Waals surface area contributed by atoms with Gasteiger partial charge in [0.1, 0.15) is 36.2 Å². The molecule has 0 aliphatic heterocycles. The Morgan fingerprint density at radius 2 is 0.545 bits per heavy atom. The second-order valence-electron chi connectivity index (χ2n) is 20.4. The summed E-state index contributed by atoms with van der Waals surface area (Å²) in [6, 6.07) is 21.6. The van der Waals surface area contributed by atoms with Gasteiger partial charge in [-0.15, -0.1) is 0 Å². The van der Waals surface area contributed by atoms with E-state index in [-0.39, 0.29) is 70.7 Å². The molecule has 0 aromatic heterocycles. The van der Waals surface area contributed by atoms with E-state index in [1.807, 2.05) is 201 Å². The highest BCUT2D eigenvalue weighted by atomic mass is 16.6. The Hall–Kier alpha value is -4.98. The van der Waals surface area contributed by atoms with Gasteiger partial charge < -0.3 is 29.9 Å². The molecule has 0 fully saturated rings. The fourth-order valence-electron chi connectivity index (χ4n) is 7.65. The quantitative estimate of drug-likeness (QED) is 0.0863. The second-order valence-corrected chi connectivity index (χ2v) is 20.4. The van der Waals surface area contributed by atoms with Gasteiger partial charge in [-0.3, -0.25) is 9.59 Å². The van der Waals surface area contributed by atoms with Gasteiger partial charge in [-0.2, -0.15) is 0 Å². The van der Waals surface area contributed by atoms with E-state index in [2.05, 4.69) is 0 Å². The van der Waals surface area contributed by atoms with Gasteiger partial charge in [0.25, 0.3) is 0 Å². The molecule has 66 heavy (non-hydrogen) atoms. The second kappa shape index (κ2) is 25.2. The maximum absolute atomic E-state index is 13.7. The monoisotopic (exact) mass is 915 g/mol. The SMILES string of the molecule is CC.CC.CC.CC.CC(C)(C)c1cc(C(C)(CC(=O)OCCOC(=O)CC(C)(c2ccc(O)c(C(C)(C)C)c2)c2ccc(O)c(C(C)(C)C)c2)c2ccc(O)c(C(C)(C)C)c2)ccc1O. The van der Waals surface area contributed by atoms with Gasteiger partial charge in [-0.25, -0.2) is 0 Å². The predicted molar refractivity (Wildman–Crippen MR) is 277 cm³/mol. The Balaban J connectivity index is 0.00000500. The topological polar surface area (TPSA) is 134 Å². The first-order chi connectivity index (χ1) is 30.5. The number of ether oxygens (including phenoxy) is 2. The fraction of sp³-hybridized carbons (Fsp3) is 0.552. The first kappa shape index (κ1) is 61.0. The normalized spacial score (nSPS) is 11.8. The van der Waals surface area contributed by atoms with Crippen molar-refractivity contribution in [1.82, 2.24) is 0 Å². The van der Waals surface area contributed by atoms with Crippen LogP contribution in [-0.2, 0) is 51.6 Å². The average molecular weight is 915 g/mol. The Morgan fingerprint density at radius 3 is 0.712 bits per heavy atom. The number of hydrogen-bond donors (Lipinski definition) is 4. The molecule has 0 aliphatic carbocycles. The van der Waals surface area contributed by atoms with Crippen LogP contribution < -0.4 is 0 Å². The lowest BCUT2D eigenvalue weighted by atomic mass is 9.70. The van der Waals surface area contributed by atoms with Crippen molar-refractivity contribution >= 4 is 11.9 Å². The minimum absolute atomic E-state index is 0.0599. The lowest BCUT2D eigenvalue weighted by molar-refractivity contribution is -0.153. The van der Waals surface area contributed by atoms with Crippen molar-refractivity contribution in [3.8, 4) is 23.0 Å². The summed E-state index contributed by atoms with van der Waals surface area (Å²) in [6.45, 7) is 43.8. The maximum atomic E-state index is 13.7. The lowest BCUT2D eigenvalue weighted by Gasteiger charge is -2.34. The molecule has 4 aromatic carbocycles. The Labute approximate surface area is 401 Å². The van der Waals surface area contributed by atoms with Crippen LogP contribution in [-0.4, -0.2) is 45.6 Å². The van der Waals surface area contributed by atoms with Crippen LogP contribution >= 0.6 is 0 Å². The molecule has 0 bridgehead atoms. The number of aromatic hydroxyl groups is 4. The number of benzene rings is 4. The number of carbonyl (C=O) groups excluding carboxylic acids is 2. The third kappa shape index (κ3) is 15.8. The van der Waals surface area contributed by atoms with Gasteiger partial charge in [0, 0.05) is 10.8 Å². The van der Waals surface area contributed by atoms with E-state index in [1.54, 1.807) is 24.3 Å². The summed E-state index contributed by atoms with van der Waals surface area (Å²) >= 11 is 0. The molecule has 4 aromatic rings. The molecule has 0 aliphatic rings. The van der Waals surface area contributed by atoms with Gasteiger partial charge >= 0.3 is 11.9 Å². The largest absolute Gasteiger partial charge is 0.508 e. The molecule has 4 rings (SSSR count). The van der Waals surface area contributed by atoms with Crippen molar-refractivity contribution in [3.05, 3.63) is 117 Å². The van der Waals surface area contributed by atoms with E-state index in [0.717, 1.165) is 44.5 Å². The highest BCUT2D eigenvalue weighted by Gasteiger charge is 2.37. The molecular weight excluding hydrogens is 825 g/mol. The summed E-state index contributed by atoms with van der Waals surface area (Å²) in [5.74, 6) is -0.338. The minimum Gasteiger partial charge on any atom is -0.508 e. The zero-order valence-electron chi connectivity index (χ0n) is 45.2. The number of phenolic OH excluding ortho intramolecular Hbond substituents is 4. The van der Waals surface area contributed by atoms with Crippen LogP contribution in [0.1, 0.15) is 210 Å². The zero-order valence-corrected chi connectivity index (χ0v) is 45.2. The standard InChI is InChI=1S/C50H66O8.4C2H6/c1-45(2,3)35-25-31(15-19-39(35)51)49(13,32-16-20-40(52)36(26-32)46(4,5)6)29-43(55)57-23-24-58-44(56)30-50(14,33-17-21-41(53)37(27-33)47(7,8)9)34-18-22-42(54)38(28-34)48(10,11)12;4*1-2/h15-22,25-28,51-54H,23-24,29-30H2,1-14H3;4*1-2H3. The Bertz CT molecular complexity index is 1850. The van der Waals surface area contributed by atoms with Crippen molar-refractivity contribution in [1.29, 1.82) is 0 Å². The van der Waals surface area contributed by atoms with Gasteiger partial charge in [-0.05, 0) is 90.4 Å². The summed E-state index contributed by atoms with van der Waals surface area (Å²) in [5.41, 5.74) is 2.84. The zero-order chi connectivity index (χ0) is 51.8. The highest BCUT2D eigenvalue weighted by Crippen LogP contribution is 2.45. The van der Waals surface area contributed by atoms with Gasteiger partial charge in [0.15, 0.2) is 0 Å². The van der Waals surface area contributed by atoms with Crippen LogP contribution in [0.5, 0.6) is 23.0 Å². The average Bonchev–Trinajstić information content (AvgIpc) is 3.24. The van der Waals surface area contributed by atoms with Crippen molar-refractivity contribution in [3.63, 3.8) is 0 Å². The van der Waals surface area contributed by atoms with Crippen LogP contribution in [0, 0.1) is 0 Å². The molecule has 8 heteroatoms. The van der Waals surface area contributed by atoms with Crippen molar-refractivity contribution in [2.24, 2.45) is 0 Å². The van der Waals surface area contributed by atoms with E-state index in [4.69, 9.17) is 9.47 Å².